The number of hydrogen-bond acceptors (Lipinski definition) is 7. The molecule has 0 aliphatic heterocycles. The van der Waals surface area contributed by atoms with Crippen LogP contribution in [0.25, 0.3) is 0 Å². The van der Waals surface area contributed by atoms with Crippen LogP contribution in [0.1, 0.15) is 22.8 Å². The van der Waals surface area contributed by atoms with Crippen molar-refractivity contribution in [3.8, 4) is 0 Å². The predicted octanol–water partition coefficient (Wildman–Crippen LogP) is 2.56. The van der Waals surface area contributed by atoms with E-state index < -0.39 is 43.0 Å². The molecule has 160 valence electrons. The van der Waals surface area contributed by atoms with Crippen LogP contribution >= 0.6 is 11.6 Å². The molecule has 2 aromatic carbocycles. The highest BCUT2D eigenvalue weighted by atomic mass is 35.5. The third kappa shape index (κ3) is 6.26. The fraction of sp³-hybridized carbons (Fsp3) is 0.263. The molecule has 0 bridgehead atoms. The third-order valence-electron chi connectivity index (χ3n) is 3.98. The quantitative estimate of drug-likeness (QED) is 0.349. The Kier molecular flexibility index (Phi) is 7.90. The van der Waals surface area contributed by atoms with Gasteiger partial charge < -0.3 is 10.1 Å². The summed E-state index contributed by atoms with van der Waals surface area (Å²) >= 11 is 5.81. The lowest BCUT2D eigenvalue weighted by atomic mass is 10.1. The molecule has 0 unspecified atom stereocenters. The number of carbonyl (C=O) groups excluding carboxylic acids is 2. The molecule has 0 aliphatic rings. The standard InChI is InChI=1S/C19H19ClN2O7S/c1-2-29-18(23)12-30(27,28)17-8-5-14(11-16(17)22(25)26)19(24)21-10-9-13-3-6-15(20)7-4-13/h3-8,11H,2,9-10,12H2,1H3,(H,21,24). The molecule has 1 N–H and O–H groups in total. The minimum absolute atomic E-state index is 0.0222. The number of sulfone groups is 1. The van der Waals surface area contributed by atoms with Crippen LogP contribution in [0.2, 0.25) is 5.02 Å². The minimum Gasteiger partial charge on any atom is -0.465 e. The summed E-state index contributed by atoms with van der Waals surface area (Å²) in [4.78, 5) is 33.6. The number of hydrogen-bond donors (Lipinski definition) is 1. The van der Waals surface area contributed by atoms with Gasteiger partial charge in [-0.15, -0.1) is 0 Å². The number of amides is 1. The van der Waals surface area contributed by atoms with Crippen LogP contribution in [0.3, 0.4) is 0 Å². The third-order valence-corrected chi connectivity index (χ3v) is 5.86. The molecule has 0 spiro atoms. The maximum atomic E-state index is 12.4. The second kappa shape index (κ2) is 10.2. The van der Waals surface area contributed by atoms with Crippen molar-refractivity contribution >= 4 is 39.0 Å². The van der Waals surface area contributed by atoms with Gasteiger partial charge in [0.15, 0.2) is 15.6 Å². The first-order valence-corrected chi connectivity index (χ1v) is 10.9. The van der Waals surface area contributed by atoms with Crippen LogP contribution < -0.4 is 5.32 Å². The zero-order valence-electron chi connectivity index (χ0n) is 16.0. The molecule has 11 heteroatoms. The van der Waals surface area contributed by atoms with Crippen molar-refractivity contribution in [1.82, 2.24) is 5.32 Å². The Labute approximate surface area is 178 Å². The average Bonchev–Trinajstić information content (AvgIpc) is 2.68. The Morgan fingerprint density at radius 2 is 1.83 bits per heavy atom. The highest BCUT2D eigenvalue weighted by Gasteiger charge is 2.29. The van der Waals surface area contributed by atoms with E-state index >= 15 is 0 Å². The fourth-order valence-corrected chi connectivity index (χ4v) is 3.98. The van der Waals surface area contributed by atoms with Crippen molar-refractivity contribution in [2.24, 2.45) is 0 Å². The number of ether oxygens (including phenoxy) is 1. The maximum Gasteiger partial charge on any atom is 0.321 e. The van der Waals surface area contributed by atoms with Gasteiger partial charge in [-0.05, 0) is 43.2 Å². The second-order valence-corrected chi connectivity index (χ2v) is 8.53. The van der Waals surface area contributed by atoms with Crippen molar-refractivity contribution in [2.45, 2.75) is 18.2 Å². The van der Waals surface area contributed by atoms with Gasteiger partial charge in [-0.1, -0.05) is 23.7 Å². The van der Waals surface area contributed by atoms with Gasteiger partial charge in [0.05, 0.1) is 11.5 Å². The smallest absolute Gasteiger partial charge is 0.321 e. The molecule has 0 saturated heterocycles. The first-order chi connectivity index (χ1) is 14.1. The predicted molar refractivity (Wildman–Crippen MR) is 109 cm³/mol. The first kappa shape index (κ1) is 23.3. The lowest BCUT2D eigenvalue weighted by Crippen LogP contribution is -2.26. The van der Waals surface area contributed by atoms with Crippen molar-refractivity contribution < 1.29 is 27.7 Å². The number of nitro groups is 1. The molecule has 0 heterocycles. The molecule has 0 aliphatic carbocycles. The monoisotopic (exact) mass is 454 g/mol. The highest BCUT2D eigenvalue weighted by molar-refractivity contribution is 7.92. The van der Waals surface area contributed by atoms with Gasteiger partial charge in [-0.3, -0.25) is 19.7 Å². The van der Waals surface area contributed by atoms with E-state index in [0.29, 0.717) is 11.4 Å². The maximum absolute atomic E-state index is 12.4. The molecule has 2 aromatic rings. The van der Waals surface area contributed by atoms with Crippen molar-refractivity contribution in [1.29, 1.82) is 0 Å². The van der Waals surface area contributed by atoms with E-state index in [1.807, 2.05) is 12.1 Å². The highest BCUT2D eigenvalue weighted by Crippen LogP contribution is 2.26. The SMILES string of the molecule is CCOC(=O)CS(=O)(=O)c1ccc(C(=O)NCCc2ccc(Cl)cc2)cc1[N+](=O)[O-]. The molecule has 0 radical (unpaired) electrons. The Morgan fingerprint density at radius 1 is 1.17 bits per heavy atom. The Balaban J connectivity index is 2.15. The zero-order chi connectivity index (χ0) is 22.3. The minimum atomic E-state index is -4.32. The molecule has 1 amide bonds. The Morgan fingerprint density at radius 3 is 2.43 bits per heavy atom. The molecule has 0 atom stereocenters. The average molecular weight is 455 g/mol. The topological polar surface area (TPSA) is 133 Å². The number of rotatable bonds is 9. The normalized spacial score (nSPS) is 11.0. The van der Waals surface area contributed by atoms with Crippen LogP contribution in [0.5, 0.6) is 0 Å². The lowest BCUT2D eigenvalue weighted by molar-refractivity contribution is -0.387. The van der Waals surface area contributed by atoms with E-state index in [2.05, 4.69) is 10.1 Å². The summed E-state index contributed by atoms with van der Waals surface area (Å²) in [5, 5.41) is 14.6. The molecule has 9 nitrogen and oxygen atoms in total. The van der Waals surface area contributed by atoms with E-state index in [9.17, 15) is 28.1 Å². The number of nitro benzene ring substituents is 1. The summed E-state index contributed by atoms with van der Waals surface area (Å²) in [6, 6.07) is 10.0. The second-order valence-electron chi connectivity index (χ2n) is 6.14. The van der Waals surface area contributed by atoms with E-state index in [0.717, 1.165) is 23.8 Å². The van der Waals surface area contributed by atoms with E-state index in [4.69, 9.17) is 11.6 Å². The van der Waals surface area contributed by atoms with Gasteiger partial charge >= 0.3 is 5.97 Å². The molecule has 2 rings (SSSR count). The van der Waals surface area contributed by atoms with Crippen LogP contribution in [0, 0.1) is 10.1 Å². The summed E-state index contributed by atoms with van der Waals surface area (Å²) in [6.45, 7) is 1.75. The van der Waals surface area contributed by atoms with E-state index in [1.54, 1.807) is 12.1 Å². The molecular weight excluding hydrogens is 436 g/mol. The molecule has 0 aromatic heterocycles. The van der Waals surface area contributed by atoms with Crippen molar-refractivity contribution in [3.05, 3.63) is 68.7 Å². The number of esters is 1. The summed E-state index contributed by atoms with van der Waals surface area (Å²) in [5.74, 6) is -2.65. The number of benzene rings is 2. The summed E-state index contributed by atoms with van der Waals surface area (Å²) < 4.78 is 29.3. The van der Waals surface area contributed by atoms with Crippen LogP contribution in [-0.2, 0) is 25.8 Å². The lowest BCUT2D eigenvalue weighted by Gasteiger charge is -2.08. The van der Waals surface area contributed by atoms with Gasteiger partial charge in [0.1, 0.15) is 4.90 Å². The summed E-state index contributed by atoms with van der Waals surface area (Å²) in [5.41, 5.74) is 0.0728. The number of nitrogens with zero attached hydrogens (tertiary/aromatic N) is 1. The molecule has 0 fully saturated rings. The van der Waals surface area contributed by atoms with Gasteiger partial charge in [0.2, 0.25) is 0 Å². The number of carbonyl (C=O) groups is 2. The summed E-state index contributed by atoms with van der Waals surface area (Å²) in [7, 11) is -4.32. The first-order valence-electron chi connectivity index (χ1n) is 8.83. The molecule has 30 heavy (non-hydrogen) atoms. The van der Waals surface area contributed by atoms with Gasteiger partial charge in [0.25, 0.3) is 11.6 Å². The summed E-state index contributed by atoms with van der Waals surface area (Å²) in [6.07, 6.45) is 0.511. The van der Waals surface area contributed by atoms with E-state index in [1.165, 1.54) is 6.92 Å². The Hall–Kier alpha value is -2.98. The molecule has 0 saturated carbocycles. The van der Waals surface area contributed by atoms with Gasteiger partial charge in [-0.2, -0.15) is 0 Å². The van der Waals surface area contributed by atoms with Crippen LogP contribution in [0.15, 0.2) is 47.4 Å². The van der Waals surface area contributed by atoms with Crippen LogP contribution in [-0.4, -0.2) is 44.1 Å². The van der Waals surface area contributed by atoms with Gasteiger partial charge in [0, 0.05) is 23.2 Å². The van der Waals surface area contributed by atoms with Crippen LogP contribution in [0.4, 0.5) is 5.69 Å². The fourth-order valence-electron chi connectivity index (χ4n) is 2.57. The molecular formula is C19H19ClN2O7S. The number of halogens is 1. The van der Waals surface area contributed by atoms with Gasteiger partial charge in [-0.25, -0.2) is 8.42 Å². The largest absolute Gasteiger partial charge is 0.465 e. The Bertz CT molecular complexity index is 1050. The van der Waals surface area contributed by atoms with Crippen molar-refractivity contribution in [2.75, 3.05) is 18.9 Å². The van der Waals surface area contributed by atoms with Crippen molar-refractivity contribution in [3.63, 3.8) is 0 Å². The number of nitrogens with one attached hydrogen (secondary N) is 1. The zero-order valence-corrected chi connectivity index (χ0v) is 17.5. The van der Waals surface area contributed by atoms with E-state index in [-0.39, 0.29) is 18.7 Å².